The van der Waals surface area contributed by atoms with Gasteiger partial charge in [-0.1, -0.05) is 6.42 Å². The van der Waals surface area contributed by atoms with Crippen LogP contribution < -0.4 is 5.32 Å². The Kier molecular flexibility index (Phi) is 2.53. The zero-order chi connectivity index (χ0) is 10.1. The maximum atomic E-state index is 4.10. The molecule has 2 aliphatic rings. The molecule has 0 atom stereocenters. The van der Waals surface area contributed by atoms with Crippen molar-refractivity contribution in [1.29, 1.82) is 0 Å². The topological polar surface area (TPSA) is 24.9 Å². The molecule has 0 saturated heterocycles. The second-order valence-corrected chi connectivity index (χ2v) is 6.03. The van der Waals surface area contributed by atoms with Gasteiger partial charge in [0.15, 0.2) is 0 Å². The highest BCUT2D eigenvalue weighted by atomic mass is 32.1. The van der Waals surface area contributed by atoms with Gasteiger partial charge in [-0.2, -0.15) is 0 Å². The van der Waals surface area contributed by atoms with E-state index in [0.717, 1.165) is 12.5 Å². The van der Waals surface area contributed by atoms with Gasteiger partial charge >= 0.3 is 0 Å². The van der Waals surface area contributed by atoms with Gasteiger partial charge in [-0.15, -0.1) is 11.3 Å². The summed E-state index contributed by atoms with van der Waals surface area (Å²) >= 11 is 1.75. The van der Waals surface area contributed by atoms with E-state index in [1.165, 1.54) is 43.5 Å². The quantitative estimate of drug-likeness (QED) is 0.828. The number of thiazole rings is 1. The third-order valence-corrected chi connectivity index (χ3v) is 4.83. The van der Waals surface area contributed by atoms with Gasteiger partial charge in [0.05, 0.1) is 5.51 Å². The van der Waals surface area contributed by atoms with E-state index in [9.17, 15) is 0 Å². The second-order valence-electron chi connectivity index (χ2n) is 5.06. The summed E-state index contributed by atoms with van der Waals surface area (Å²) in [7, 11) is 0. The lowest BCUT2D eigenvalue weighted by Crippen LogP contribution is -2.41. The highest BCUT2D eigenvalue weighted by Gasteiger charge is 2.48. The smallest absolute Gasteiger partial charge is 0.0794 e. The van der Waals surface area contributed by atoms with Crippen LogP contribution in [0.15, 0.2) is 11.7 Å². The summed E-state index contributed by atoms with van der Waals surface area (Å²) in [5.41, 5.74) is 2.61. The number of hydrogen-bond acceptors (Lipinski definition) is 3. The molecule has 1 heterocycles. The first kappa shape index (κ1) is 9.79. The molecular formula is C12H18N2S. The minimum atomic E-state index is 0.699. The lowest BCUT2D eigenvalue weighted by Gasteiger charge is -2.42. The Balaban J connectivity index is 1.48. The normalized spacial score (nSPS) is 23.7. The highest BCUT2D eigenvalue weighted by molar-refractivity contribution is 7.09. The molecule has 2 saturated carbocycles. The molecule has 2 aliphatic carbocycles. The molecule has 3 rings (SSSR count). The summed E-state index contributed by atoms with van der Waals surface area (Å²) in [4.78, 5) is 5.46. The summed E-state index contributed by atoms with van der Waals surface area (Å²) in [6.07, 6.45) is 9.34. The third kappa shape index (κ3) is 1.95. The van der Waals surface area contributed by atoms with E-state index in [0.29, 0.717) is 5.41 Å². The molecule has 15 heavy (non-hydrogen) atoms. The van der Waals surface area contributed by atoms with Crippen LogP contribution in [0, 0.1) is 11.3 Å². The van der Waals surface area contributed by atoms with E-state index in [4.69, 9.17) is 0 Å². The lowest BCUT2D eigenvalue weighted by atomic mass is 9.65. The van der Waals surface area contributed by atoms with Crippen LogP contribution in [0.4, 0.5) is 0 Å². The van der Waals surface area contributed by atoms with E-state index in [-0.39, 0.29) is 0 Å². The van der Waals surface area contributed by atoms with Crippen molar-refractivity contribution in [3.8, 4) is 0 Å². The fourth-order valence-corrected chi connectivity index (χ4v) is 3.38. The summed E-state index contributed by atoms with van der Waals surface area (Å²) < 4.78 is 0. The van der Waals surface area contributed by atoms with Crippen LogP contribution in [0.1, 0.15) is 37.0 Å². The largest absolute Gasteiger partial charge is 0.311 e. The molecule has 2 nitrogen and oxygen atoms in total. The molecule has 0 aliphatic heterocycles. The van der Waals surface area contributed by atoms with Crippen LogP contribution in [0.3, 0.4) is 0 Å². The van der Waals surface area contributed by atoms with Gasteiger partial charge in [0, 0.05) is 24.2 Å². The maximum Gasteiger partial charge on any atom is 0.0794 e. The molecule has 0 aromatic carbocycles. The molecule has 0 unspecified atom stereocenters. The van der Waals surface area contributed by atoms with Gasteiger partial charge in [0.2, 0.25) is 0 Å². The van der Waals surface area contributed by atoms with Crippen molar-refractivity contribution in [3.63, 3.8) is 0 Å². The fraction of sp³-hybridized carbons (Fsp3) is 0.750. The van der Waals surface area contributed by atoms with Crippen molar-refractivity contribution in [2.75, 3.05) is 6.54 Å². The van der Waals surface area contributed by atoms with E-state index >= 15 is 0 Å². The van der Waals surface area contributed by atoms with Gasteiger partial charge in [-0.05, 0) is 37.0 Å². The minimum absolute atomic E-state index is 0.699. The third-order valence-electron chi connectivity index (χ3n) is 4.05. The van der Waals surface area contributed by atoms with Crippen LogP contribution in [0.2, 0.25) is 0 Å². The Morgan fingerprint density at radius 2 is 2.33 bits per heavy atom. The van der Waals surface area contributed by atoms with Crippen molar-refractivity contribution in [2.24, 2.45) is 11.3 Å². The van der Waals surface area contributed by atoms with Gasteiger partial charge in [0.1, 0.15) is 0 Å². The van der Waals surface area contributed by atoms with Crippen LogP contribution in [-0.4, -0.2) is 11.5 Å². The monoisotopic (exact) mass is 222 g/mol. The van der Waals surface area contributed by atoms with Crippen LogP contribution >= 0.6 is 11.3 Å². The van der Waals surface area contributed by atoms with Crippen molar-refractivity contribution in [3.05, 3.63) is 16.6 Å². The maximum absolute atomic E-state index is 4.10. The number of aromatic nitrogens is 1. The molecule has 0 radical (unpaired) electrons. The standard InChI is InChI=1S/C12H18N2S/c1-4-12(5-1,10-2-3-10)8-13-6-11-7-14-9-15-11/h7,9-10,13H,1-6,8H2. The van der Waals surface area contributed by atoms with Crippen LogP contribution in [-0.2, 0) is 6.54 Å². The number of rotatable bonds is 5. The molecule has 82 valence electrons. The second kappa shape index (κ2) is 3.87. The molecule has 1 aromatic heterocycles. The summed E-state index contributed by atoms with van der Waals surface area (Å²) in [5, 5.41) is 3.62. The highest BCUT2D eigenvalue weighted by Crippen LogP contribution is 2.56. The number of nitrogens with one attached hydrogen (secondary N) is 1. The molecule has 0 spiro atoms. The molecular weight excluding hydrogens is 204 g/mol. The van der Waals surface area contributed by atoms with Gasteiger partial charge in [-0.25, -0.2) is 0 Å². The first-order chi connectivity index (χ1) is 7.39. The van der Waals surface area contributed by atoms with E-state index < -0.39 is 0 Å². The molecule has 1 N–H and O–H groups in total. The fourth-order valence-electron chi connectivity index (χ4n) is 2.82. The van der Waals surface area contributed by atoms with Crippen molar-refractivity contribution >= 4 is 11.3 Å². The molecule has 3 heteroatoms. The number of nitrogens with zero attached hydrogens (tertiary/aromatic N) is 1. The summed E-state index contributed by atoms with van der Waals surface area (Å²) in [6.45, 7) is 2.24. The SMILES string of the molecule is c1ncc(CNCC2(C3CC3)CCC2)s1. The van der Waals surface area contributed by atoms with Crippen molar-refractivity contribution in [1.82, 2.24) is 10.3 Å². The summed E-state index contributed by atoms with van der Waals surface area (Å²) in [5.74, 6) is 1.06. The van der Waals surface area contributed by atoms with E-state index in [1.807, 2.05) is 11.7 Å². The minimum Gasteiger partial charge on any atom is -0.311 e. The van der Waals surface area contributed by atoms with Crippen LogP contribution in [0.25, 0.3) is 0 Å². The Morgan fingerprint density at radius 3 is 2.87 bits per heavy atom. The van der Waals surface area contributed by atoms with Gasteiger partial charge < -0.3 is 5.32 Å². The average Bonchev–Trinajstić information content (AvgIpc) is 2.89. The van der Waals surface area contributed by atoms with E-state index in [2.05, 4.69) is 10.3 Å². The van der Waals surface area contributed by atoms with Crippen molar-refractivity contribution < 1.29 is 0 Å². The predicted octanol–water partition coefficient (Wildman–Crippen LogP) is 2.81. The zero-order valence-electron chi connectivity index (χ0n) is 9.04. The summed E-state index contributed by atoms with van der Waals surface area (Å²) in [6, 6.07) is 0. The molecule has 1 aromatic rings. The predicted molar refractivity (Wildman–Crippen MR) is 62.8 cm³/mol. The molecule has 0 bridgehead atoms. The molecule has 2 fully saturated rings. The first-order valence-electron chi connectivity index (χ1n) is 5.97. The van der Waals surface area contributed by atoms with Crippen molar-refractivity contribution in [2.45, 2.75) is 38.6 Å². The zero-order valence-corrected chi connectivity index (χ0v) is 9.85. The van der Waals surface area contributed by atoms with Crippen LogP contribution in [0.5, 0.6) is 0 Å². The Bertz CT molecular complexity index is 312. The Labute approximate surface area is 95.1 Å². The lowest BCUT2D eigenvalue weighted by molar-refractivity contribution is 0.0988. The number of hydrogen-bond donors (Lipinski definition) is 1. The average molecular weight is 222 g/mol. The Morgan fingerprint density at radius 1 is 1.47 bits per heavy atom. The molecule has 0 amide bonds. The van der Waals surface area contributed by atoms with Gasteiger partial charge in [-0.3, -0.25) is 4.98 Å². The first-order valence-corrected chi connectivity index (χ1v) is 6.85. The Hall–Kier alpha value is -0.410. The van der Waals surface area contributed by atoms with E-state index in [1.54, 1.807) is 11.3 Å². The van der Waals surface area contributed by atoms with Gasteiger partial charge in [0.25, 0.3) is 0 Å².